The molecule has 1 N–H and O–H groups in total. The number of aromatic nitrogens is 1. The Morgan fingerprint density at radius 3 is 2.70 bits per heavy atom. The third-order valence-electron chi connectivity index (χ3n) is 4.46. The van der Waals surface area contributed by atoms with Gasteiger partial charge in [0.25, 0.3) is 0 Å². The highest BCUT2D eigenvalue weighted by Gasteiger charge is 2.36. The number of rotatable bonds is 4. The van der Waals surface area contributed by atoms with E-state index in [9.17, 15) is 5.11 Å². The molecule has 23 heavy (non-hydrogen) atoms. The second kappa shape index (κ2) is 6.27. The second-order valence-corrected chi connectivity index (χ2v) is 7.25. The minimum absolute atomic E-state index is 0.147. The van der Waals surface area contributed by atoms with Crippen LogP contribution in [0.2, 0.25) is 5.02 Å². The van der Waals surface area contributed by atoms with Crippen molar-refractivity contribution in [1.29, 1.82) is 0 Å². The number of hydrogen-bond donors (Lipinski definition) is 1. The average molecular weight is 335 g/mol. The first-order valence-electron chi connectivity index (χ1n) is 8.03. The highest BCUT2D eigenvalue weighted by atomic mass is 35.5. The van der Waals surface area contributed by atoms with Crippen LogP contribution in [0.3, 0.4) is 0 Å². The van der Waals surface area contributed by atoms with Gasteiger partial charge in [-0.05, 0) is 64.4 Å². The summed E-state index contributed by atoms with van der Waals surface area (Å²) in [5.41, 5.74) is 1.14. The lowest BCUT2D eigenvalue weighted by Crippen LogP contribution is -2.45. The van der Waals surface area contributed by atoms with Crippen LogP contribution in [0.4, 0.5) is 0 Å². The minimum Gasteiger partial charge on any atom is -0.439 e. The van der Waals surface area contributed by atoms with Crippen LogP contribution >= 0.6 is 11.6 Å². The molecule has 1 fully saturated rings. The van der Waals surface area contributed by atoms with Gasteiger partial charge in [-0.2, -0.15) is 0 Å². The zero-order valence-electron chi connectivity index (χ0n) is 13.8. The van der Waals surface area contributed by atoms with Crippen molar-refractivity contribution >= 4 is 11.6 Å². The van der Waals surface area contributed by atoms with Crippen molar-refractivity contribution in [3.05, 3.63) is 40.9 Å². The van der Waals surface area contributed by atoms with Gasteiger partial charge in [-0.3, -0.25) is 4.90 Å². The lowest BCUT2D eigenvalue weighted by molar-refractivity contribution is -0.00721. The third kappa shape index (κ3) is 3.60. The summed E-state index contributed by atoms with van der Waals surface area (Å²) in [4.78, 5) is 6.83. The fourth-order valence-corrected chi connectivity index (χ4v) is 3.50. The molecule has 0 radical (unpaired) electrons. The molecule has 2 aromatic rings. The van der Waals surface area contributed by atoms with Gasteiger partial charge in [0.15, 0.2) is 5.76 Å². The van der Waals surface area contributed by atoms with Gasteiger partial charge in [-0.1, -0.05) is 11.6 Å². The van der Waals surface area contributed by atoms with Crippen LogP contribution in [0, 0.1) is 6.92 Å². The molecule has 1 unspecified atom stereocenters. The van der Waals surface area contributed by atoms with E-state index in [0.29, 0.717) is 17.5 Å². The van der Waals surface area contributed by atoms with Gasteiger partial charge in [-0.15, -0.1) is 0 Å². The first-order valence-corrected chi connectivity index (χ1v) is 8.41. The monoisotopic (exact) mass is 334 g/mol. The van der Waals surface area contributed by atoms with Crippen molar-refractivity contribution in [2.45, 2.75) is 51.8 Å². The summed E-state index contributed by atoms with van der Waals surface area (Å²) in [7, 11) is 0. The summed E-state index contributed by atoms with van der Waals surface area (Å²) in [5, 5.41) is 11.0. The van der Waals surface area contributed by atoms with E-state index in [1.165, 1.54) is 0 Å². The Hall–Kier alpha value is -1.36. The molecule has 1 saturated heterocycles. The molecule has 4 nitrogen and oxygen atoms in total. The number of hydrogen-bond acceptors (Lipinski definition) is 4. The largest absolute Gasteiger partial charge is 0.439 e. The summed E-state index contributed by atoms with van der Waals surface area (Å²) >= 11 is 5.94. The van der Waals surface area contributed by atoms with Gasteiger partial charge in [-0.25, -0.2) is 4.98 Å². The fraction of sp³-hybridized carbons (Fsp3) is 0.500. The van der Waals surface area contributed by atoms with E-state index in [1.54, 1.807) is 0 Å². The molecule has 1 aromatic carbocycles. The summed E-state index contributed by atoms with van der Waals surface area (Å²) in [5.74, 6) is 1.49. The van der Waals surface area contributed by atoms with Gasteiger partial charge < -0.3 is 9.52 Å². The maximum Gasteiger partial charge on any atom is 0.209 e. The predicted octanol–water partition coefficient (Wildman–Crippen LogP) is 4.04. The zero-order chi connectivity index (χ0) is 16.6. The maximum absolute atomic E-state index is 10.3. The Morgan fingerprint density at radius 1 is 1.35 bits per heavy atom. The molecule has 5 heteroatoms. The third-order valence-corrected chi connectivity index (χ3v) is 4.72. The van der Waals surface area contributed by atoms with Crippen molar-refractivity contribution in [3.63, 3.8) is 0 Å². The Bertz CT molecular complexity index is 673. The Kier molecular flexibility index (Phi) is 4.50. The van der Waals surface area contributed by atoms with Gasteiger partial charge >= 0.3 is 0 Å². The normalized spacial score (nSPS) is 19.4. The lowest BCUT2D eigenvalue weighted by atomic mass is 9.97. The van der Waals surface area contributed by atoms with E-state index < -0.39 is 5.60 Å². The van der Waals surface area contributed by atoms with Gasteiger partial charge in [0.2, 0.25) is 5.89 Å². The van der Waals surface area contributed by atoms with Crippen LogP contribution in [-0.2, 0) is 6.54 Å². The highest BCUT2D eigenvalue weighted by molar-refractivity contribution is 6.30. The molecular formula is C18H23ClN2O2. The van der Waals surface area contributed by atoms with Crippen LogP contribution in [0.15, 0.2) is 28.7 Å². The molecule has 2 heterocycles. The summed E-state index contributed by atoms with van der Waals surface area (Å²) < 4.78 is 5.99. The molecule has 124 valence electrons. The fourth-order valence-electron chi connectivity index (χ4n) is 3.38. The highest BCUT2D eigenvalue weighted by Crippen LogP contribution is 2.30. The van der Waals surface area contributed by atoms with Crippen LogP contribution in [0.25, 0.3) is 11.3 Å². The second-order valence-electron chi connectivity index (χ2n) is 6.81. The lowest BCUT2D eigenvalue weighted by Gasteiger charge is -2.33. The standard InChI is InChI=1S/C18H23ClN2O2/c1-12-17(13-6-8-14(19)9-7-13)23-16(20-12)11-21-10-4-5-15(21)18(2,3)22/h6-9,15,22H,4-5,10-11H2,1-3H3. The molecule has 1 aliphatic rings. The van der Waals surface area contributed by atoms with E-state index in [0.717, 1.165) is 36.4 Å². The number of aliphatic hydroxyl groups is 1. The molecule has 3 rings (SSSR count). The van der Waals surface area contributed by atoms with Crippen molar-refractivity contribution in [1.82, 2.24) is 9.88 Å². The van der Waals surface area contributed by atoms with E-state index in [1.807, 2.05) is 45.0 Å². The molecule has 0 spiro atoms. The molecule has 0 amide bonds. The predicted molar refractivity (Wildman–Crippen MR) is 91.4 cm³/mol. The molecule has 0 saturated carbocycles. The number of oxazole rings is 1. The van der Waals surface area contributed by atoms with Crippen LogP contribution in [-0.4, -0.2) is 33.2 Å². The number of likely N-dealkylation sites (tertiary alicyclic amines) is 1. The van der Waals surface area contributed by atoms with E-state index >= 15 is 0 Å². The van der Waals surface area contributed by atoms with E-state index in [4.69, 9.17) is 16.0 Å². The summed E-state index contributed by atoms with van der Waals surface area (Å²) in [6, 6.07) is 7.73. The van der Waals surface area contributed by atoms with Crippen molar-refractivity contribution in [2.75, 3.05) is 6.54 Å². The summed E-state index contributed by atoms with van der Waals surface area (Å²) in [6.07, 6.45) is 2.10. The molecule has 0 aliphatic carbocycles. The first kappa shape index (κ1) is 16.5. The average Bonchev–Trinajstić information content (AvgIpc) is 3.07. The van der Waals surface area contributed by atoms with Crippen molar-refractivity contribution in [3.8, 4) is 11.3 Å². The topological polar surface area (TPSA) is 49.5 Å². The summed E-state index contributed by atoms with van der Waals surface area (Å²) in [6.45, 7) is 7.29. The molecule has 1 aromatic heterocycles. The Morgan fingerprint density at radius 2 is 2.04 bits per heavy atom. The van der Waals surface area contributed by atoms with Gasteiger partial charge in [0.1, 0.15) is 0 Å². The molecule has 1 aliphatic heterocycles. The van der Waals surface area contributed by atoms with Gasteiger partial charge in [0, 0.05) is 16.6 Å². The Balaban J connectivity index is 1.80. The van der Waals surface area contributed by atoms with Crippen molar-refractivity contribution in [2.24, 2.45) is 0 Å². The quantitative estimate of drug-likeness (QED) is 0.916. The number of benzene rings is 1. The van der Waals surface area contributed by atoms with E-state index in [-0.39, 0.29) is 6.04 Å². The smallest absolute Gasteiger partial charge is 0.209 e. The minimum atomic E-state index is -0.711. The molecule has 0 bridgehead atoms. The maximum atomic E-state index is 10.3. The number of halogens is 1. The SMILES string of the molecule is Cc1nc(CN2CCCC2C(C)(C)O)oc1-c1ccc(Cl)cc1. The van der Waals surface area contributed by atoms with E-state index in [2.05, 4.69) is 9.88 Å². The van der Waals surface area contributed by atoms with Crippen LogP contribution in [0.1, 0.15) is 38.3 Å². The number of aryl methyl sites for hydroxylation is 1. The number of nitrogens with zero attached hydrogens (tertiary/aromatic N) is 2. The van der Waals surface area contributed by atoms with Crippen molar-refractivity contribution < 1.29 is 9.52 Å². The first-order chi connectivity index (χ1) is 10.8. The Labute approximate surface area is 142 Å². The van der Waals surface area contributed by atoms with Crippen LogP contribution in [0.5, 0.6) is 0 Å². The molecular weight excluding hydrogens is 312 g/mol. The van der Waals surface area contributed by atoms with Gasteiger partial charge in [0.05, 0.1) is 17.8 Å². The molecule has 1 atom stereocenters. The van der Waals surface area contributed by atoms with Crippen LogP contribution < -0.4 is 0 Å². The zero-order valence-corrected chi connectivity index (χ0v) is 14.6.